The number of hydrogen-bond donors (Lipinski definition) is 0. The van der Waals surface area contributed by atoms with Gasteiger partial charge in [0.15, 0.2) is 0 Å². The Morgan fingerprint density at radius 1 is 0.839 bits per heavy atom. The fourth-order valence-electron chi connectivity index (χ4n) is 4.72. The van der Waals surface area contributed by atoms with Gasteiger partial charge < -0.3 is 0 Å². The molecule has 0 aliphatic heterocycles. The third kappa shape index (κ3) is 7.03. The first-order valence-corrected chi connectivity index (χ1v) is 11.7. The summed E-state index contributed by atoms with van der Waals surface area (Å²) in [6.45, 7) is 2.10. The van der Waals surface area contributed by atoms with Gasteiger partial charge >= 0.3 is 0 Å². The number of nitriles is 1. The third-order valence-corrected chi connectivity index (χ3v) is 6.72. The molecule has 31 heavy (non-hydrogen) atoms. The molecule has 0 aromatic heterocycles. The van der Waals surface area contributed by atoms with E-state index in [1.54, 1.807) is 6.07 Å². The number of allylic oxidation sites excluding steroid dienone is 2. The lowest BCUT2D eigenvalue weighted by molar-refractivity contribution is 0.254. The van der Waals surface area contributed by atoms with Crippen molar-refractivity contribution < 1.29 is 8.78 Å². The first kappa shape index (κ1) is 23.2. The fraction of sp³-hybridized carbons (Fsp3) is 0.464. The van der Waals surface area contributed by atoms with Crippen LogP contribution in [0.2, 0.25) is 0 Å². The van der Waals surface area contributed by atoms with E-state index < -0.39 is 17.2 Å². The summed E-state index contributed by atoms with van der Waals surface area (Å²) in [6, 6.07) is 12.7. The van der Waals surface area contributed by atoms with Crippen LogP contribution in [0.5, 0.6) is 0 Å². The van der Waals surface area contributed by atoms with E-state index in [4.69, 9.17) is 5.26 Å². The molecule has 1 aliphatic rings. The summed E-state index contributed by atoms with van der Waals surface area (Å²) in [7, 11) is 0. The van der Waals surface area contributed by atoms with Crippen molar-refractivity contribution >= 4 is 0 Å². The lowest BCUT2D eigenvalue weighted by Gasteiger charge is -2.28. The second-order valence-corrected chi connectivity index (χ2v) is 8.93. The summed E-state index contributed by atoms with van der Waals surface area (Å²) in [5.41, 5.74) is 2.61. The molecule has 0 atom stereocenters. The Labute approximate surface area is 185 Å². The molecule has 2 aromatic rings. The van der Waals surface area contributed by atoms with Crippen molar-refractivity contribution in [3.8, 4) is 6.07 Å². The lowest BCUT2D eigenvalue weighted by Crippen LogP contribution is -2.15. The molecule has 3 heteroatoms. The summed E-state index contributed by atoms with van der Waals surface area (Å²) < 4.78 is 27.5. The van der Waals surface area contributed by atoms with E-state index in [1.807, 2.05) is 0 Å². The van der Waals surface area contributed by atoms with E-state index in [0.29, 0.717) is 12.0 Å². The Kier molecular flexibility index (Phi) is 8.83. The Morgan fingerprint density at radius 2 is 1.35 bits per heavy atom. The summed E-state index contributed by atoms with van der Waals surface area (Å²) in [6.07, 6.45) is 16.2. The van der Waals surface area contributed by atoms with Crippen LogP contribution in [-0.4, -0.2) is 0 Å². The van der Waals surface area contributed by atoms with Crippen LogP contribution in [0.25, 0.3) is 0 Å². The standard InChI is InChI=1S/C28H33F2N/c1-2-3-4-5-21-6-8-22(9-7-21)10-11-23-12-14-24(15-13-23)16-17-25-18-27(29)26(20-31)28(30)19-25/h2-3,12-15,18-19,21-22H,4-11,16-17H2,1H3/b3-2+. The largest absolute Gasteiger partial charge is 0.205 e. The van der Waals surface area contributed by atoms with Gasteiger partial charge in [0.05, 0.1) is 0 Å². The van der Waals surface area contributed by atoms with Crippen molar-refractivity contribution in [2.24, 2.45) is 11.8 Å². The summed E-state index contributed by atoms with van der Waals surface area (Å²) >= 11 is 0. The van der Waals surface area contributed by atoms with Crippen LogP contribution in [0.4, 0.5) is 8.78 Å². The van der Waals surface area contributed by atoms with Gasteiger partial charge in [0.2, 0.25) is 0 Å². The molecule has 0 saturated heterocycles. The van der Waals surface area contributed by atoms with E-state index >= 15 is 0 Å². The molecule has 0 amide bonds. The van der Waals surface area contributed by atoms with E-state index in [-0.39, 0.29) is 0 Å². The topological polar surface area (TPSA) is 23.8 Å². The molecule has 0 N–H and O–H groups in total. The highest BCUT2D eigenvalue weighted by Gasteiger charge is 2.20. The highest BCUT2D eigenvalue weighted by Crippen LogP contribution is 2.34. The van der Waals surface area contributed by atoms with Gasteiger partial charge in [-0.25, -0.2) is 8.78 Å². The van der Waals surface area contributed by atoms with Crippen molar-refractivity contribution in [1.29, 1.82) is 5.26 Å². The summed E-state index contributed by atoms with van der Waals surface area (Å²) in [5, 5.41) is 8.77. The average Bonchev–Trinajstić information content (AvgIpc) is 2.78. The predicted molar refractivity (Wildman–Crippen MR) is 123 cm³/mol. The molecule has 0 heterocycles. The maximum Gasteiger partial charge on any atom is 0.144 e. The van der Waals surface area contributed by atoms with E-state index in [9.17, 15) is 8.78 Å². The zero-order valence-electron chi connectivity index (χ0n) is 18.5. The number of aryl methyl sites for hydroxylation is 3. The lowest BCUT2D eigenvalue weighted by atomic mass is 9.78. The second-order valence-electron chi connectivity index (χ2n) is 8.93. The van der Waals surface area contributed by atoms with Crippen molar-refractivity contribution in [3.63, 3.8) is 0 Å². The minimum Gasteiger partial charge on any atom is -0.205 e. The van der Waals surface area contributed by atoms with Gasteiger partial charge in [0, 0.05) is 0 Å². The molecule has 2 aromatic carbocycles. The SMILES string of the molecule is C/C=C/CCC1CCC(CCc2ccc(CCc3cc(F)c(C#N)c(F)c3)cc2)CC1. The number of rotatable bonds is 9. The highest BCUT2D eigenvalue weighted by atomic mass is 19.1. The molecule has 0 unspecified atom stereocenters. The number of halogens is 2. The summed E-state index contributed by atoms with van der Waals surface area (Å²) in [4.78, 5) is 0. The number of benzene rings is 2. The van der Waals surface area contributed by atoms with Crippen molar-refractivity contribution in [2.45, 2.75) is 71.1 Å². The number of hydrogen-bond acceptors (Lipinski definition) is 1. The third-order valence-electron chi connectivity index (χ3n) is 6.72. The predicted octanol–water partition coefficient (Wildman–Crippen LogP) is 7.72. The van der Waals surface area contributed by atoms with Gasteiger partial charge in [-0.3, -0.25) is 0 Å². The Morgan fingerprint density at radius 3 is 1.90 bits per heavy atom. The molecule has 164 valence electrons. The first-order chi connectivity index (χ1) is 15.1. The van der Waals surface area contributed by atoms with Crippen molar-refractivity contribution in [3.05, 3.63) is 82.4 Å². The molecule has 0 radical (unpaired) electrons. The van der Waals surface area contributed by atoms with Gasteiger partial charge in [0.1, 0.15) is 23.3 Å². The van der Waals surface area contributed by atoms with Crippen molar-refractivity contribution in [2.75, 3.05) is 0 Å². The van der Waals surface area contributed by atoms with Crippen LogP contribution < -0.4 is 0 Å². The van der Waals surface area contributed by atoms with E-state index in [2.05, 4.69) is 43.3 Å². The number of nitrogens with zero attached hydrogens (tertiary/aromatic N) is 1. The molecule has 1 fully saturated rings. The Balaban J connectivity index is 1.41. The molecular weight excluding hydrogens is 388 g/mol. The highest BCUT2D eigenvalue weighted by molar-refractivity contribution is 5.35. The molecule has 0 bridgehead atoms. The molecule has 1 saturated carbocycles. The van der Waals surface area contributed by atoms with Crippen LogP contribution >= 0.6 is 0 Å². The van der Waals surface area contributed by atoms with E-state index in [1.165, 1.54) is 62.6 Å². The van der Waals surface area contributed by atoms with Crippen LogP contribution in [0.3, 0.4) is 0 Å². The maximum absolute atomic E-state index is 13.8. The van der Waals surface area contributed by atoms with Crippen LogP contribution in [-0.2, 0) is 19.3 Å². The first-order valence-electron chi connectivity index (χ1n) is 11.7. The van der Waals surface area contributed by atoms with Gasteiger partial charge in [-0.1, -0.05) is 62.1 Å². The minimum atomic E-state index is -0.778. The van der Waals surface area contributed by atoms with Crippen LogP contribution in [0.15, 0.2) is 48.6 Å². The zero-order valence-corrected chi connectivity index (χ0v) is 18.5. The quantitative estimate of drug-likeness (QED) is 0.380. The van der Waals surface area contributed by atoms with Crippen molar-refractivity contribution in [1.82, 2.24) is 0 Å². The maximum atomic E-state index is 13.8. The van der Waals surface area contributed by atoms with E-state index in [0.717, 1.165) is 30.2 Å². The zero-order chi connectivity index (χ0) is 22.1. The second kappa shape index (κ2) is 11.8. The molecule has 1 aliphatic carbocycles. The van der Waals surface area contributed by atoms with Gasteiger partial charge in [-0.15, -0.1) is 0 Å². The molecule has 3 rings (SSSR count). The molecular formula is C28H33F2N. The molecule has 0 spiro atoms. The van der Waals surface area contributed by atoms with Gasteiger partial charge in [0.25, 0.3) is 0 Å². The minimum absolute atomic E-state index is 0.504. The molecule has 1 nitrogen and oxygen atoms in total. The monoisotopic (exact) mass is 421 g/mol. The summed E-state index contributed by atoms with van der Waals surface area (Å²) in [5.74, 6) is 0.225. The average molecular weight is 422 g/mol. The smallest absolute Gasteiger partial charge is 0.144 e. The van der Waals surface area contributed by atoms with Gasteiger partial charge in [-0.2, -0.15) is 5.26 Å². The van der Waals surface area contributed by atoms with Crippen LogP contribution in [0, 0.1) is 34.8 Å². The van der Waals surface area contributed by atoms with Gasteiger partial charge in [-0.05, 0) is 86.1 Å². The van der Waals surface area contributed by atoms with Crippen LogP contribution in [0.1, 0.15) is 74.1 Å². The normalized spacial score (nSPS) is 18.9. The Hall–Kier alpha value is -2.47. The fourth-order valence-corrected chi connectivity index (χ4v) is 4.72. The Bertz CT molecular complexity index is 877.